The summed E-state index contributed by atoms with van der Waals surface area (Å²) in [6.45, 7) is 1.90. The van der Waals surface area contributed by atoms with Crippen molar-refractivity contribution in [1.29, 1.82) is 0 Å². The highest BCUT2D eigenvalue weighted by Gasteiger charge is 2.11. The van der Waals surface area contributed by atoms with Crippen molar-refractivity contribution in [3.8, 4) is 5.69 Å². The largest absolute Gasteiger partial charge is 0.394 e. The number of aryl methyl sites for hydroxylation is 1. The molecule has 1 aromatic heterocycles. The van der Waals surface area contributed by atoms with Crippen LogP contribution >= 0.6 is 11.6 Å². The molecule has 0 aliphatic heterocycles. The Kier molecular flexibility index (Phi) is 4.42. The Morgan fingerprint density at radius 3 is 2.89 bits per heavy atom. The maximum atomic E-state index is 9.39. The molecule has 0 aliphatic rings. The maximum absolute atomic E-state index is 9.39. The van der Waals surface area contributed by atoms with Crippen LogP contribution in [-0.4, -0.2) is 39.2 Å². The van der Waals surface area contributed by atoms with E-state index in [2.05, 4.69) is 10.4 Å². The summed E-state index contributed by atoms with van der Waals surface area (Å²) in [6, 6.07) is 5.44. The molecule has 5 nitrogen and oxygen atoms in total. The molecular formula is C13H16ClN3O2. The number of nitrogens with one attached hydrogen (secondary N) is 1. The summed E-state index contributed by atoms with van der Waals surface area (Å²) in [4.78, 5) is 0. The summed E-state index contributed by atoms with van der Waals surface area (Å²) in [5.41, 5.74) is 2.51. The average Bonchev–Trinajstić information content (AvgIpc) is 2.82. The standard InChI is InChI=1S/C13H16ClN3O2/c1-9-5-16-17(7-9)13-11(14)3-2-4-12(13)15-6-10(19)8-18/h2-5,7,10,15,18-19H,6,8H2,1H3. The Hall–Kier alpha value is -1.56. The van der Waals surface area contributed by atoms with Gasteiger partial charge in [0.2, 0.25) is 0 Å². The first-order valence-electron chi connectivity index (χ1n) is 5.94. The molecule has 19 heavy (non-hydrogen) atoms. The number of para-hydroxylation sites is 1. The number of benzene rings is 1. The SMILES string of the molecule is Cc1cnn(-c2c(Cl)cccc2NCC(O)CO)c1. The van der Waals surface area contributed by atoms with E-state index in [9.17, 15) is 5.11 Å². The molecule has 6 heteroatoms. The minimum absolute atomic E-state index is 0.240. The predicted molar refractivity (Wildman–Crippen MR) is 74.9 cm³/mol. The number of anilines is 1. The van der Waals surface area contributed by atoms with E-state index in [1.54, 1.807) is 16.9 Å². The first-order valence-corrected chi connectivity index (χ1v) is 6.32. The minimum Gasteiger partial charge on any atom is -0.394 e. The van der Waals surface area contributed by atoms with Crippen molar-refractivity contribution in [3.05, 3.63) is 41.2 Å². The summed E-state index contributed by atoms with van der Waals surface area (Å²) < 4.78 is 1.69. The van der Waals surface area contributed by atoms with Gasteiger partial charge >= 0.3 is 0 Å². The van der Waals surface area contributed by atoms with Gasteiger partial charge in [-0.25, -0.2) is 4.68 Å². The van der Waals surface area contributed by atoms with Crippen LogP contribution in [0.5, 0.6) is 0 Å². The van der Waals surface area contributed by atoms with Crippen LogP contribution in [0.3, 0.4) is 0 Å². The number of aliphatic hydroxyl groups excluding tert-OH is 2. The monoisotopic (exact) mass is 281 g/mol. The van der Waals surface area contributed by atoms with Gasteiger partial charge in [-0.1, -0.05) is 17.7 Å². The van der Waals surface area contributed by atoms with Crippen LogP contribution in [0.1, 0.15) is 5.56 Å². The van der Waals surface area contributed by atoms with E-state index in [0.717, 1.165) is 16.9 Å². The van der Waals surface area contributed by atoms with E-state index in [4.69, 9.17) is 16.7 Å². The fourth-order valence-corrected chi connectivity index (χ4v) is 1.98. The smallest absolute Gasteiger partial charge is 0.106 e. The quantitative estimate of drug-likeness (QED) is 0.779. The third-order valence-corrected chi connectivity index (χ3v) is 2.97. The van der Waals surface area contributed by atoms with Crippen molar-refractivity contribution < 1.29 is 10.2 Å². The lowest BCUT2D eigenvalue weighted by molar-refractivity contribution is 0.105. The molecule has 0 bridgehead atoms. The van der Waals surface area contributed by atoms with Crippen molar-refractivity contribution in [2.75, 3.05) is 18.5 Å². The third-order valence-electron chi connectivity index (χ3n) is 2.67. The molecule has 0 spiro atoms. The molecule has 102 valence electrons. The fraction of sp³-hybridized carbons (Fsp3) is 0.308. The van der Waals surface area contributed by atoms with E-state index in [1.165, 1.54) is 0 Å². The van der Waals surface area contributed by atoms with Gasteiger partial charge < -0.3 is 15.5 Å². The Balaban J connectivity index is 2.31. The molecular weight excluding hydrogens is 266 g/mol. The lowest BCUT2D eigenvalue weighted by Gasteiger charge is -2.15. The first-order chi connectivity index (χ1) is 9.11. The molecule has 1 atom stereocenters. The van der Waals surface area contributed by atoms with E-state index in [-0.39, 0.29) is 13.2 Å². The second-order valence-electron chi connectivity index (χ2n) is 4.32. The topological polar surface area (TPSA) is 70.3 Å². The van der Waals surface area contributed by atoms with Crippen LogP contribution in [0, 0.1) is 6.92 Å². The molecule has 0 fully saturated rings. The Morgan fingerprint density at radius 2 is 2.26 bits per heavy atom. The number of rotatable bonds is 5. The minimum atomic E-state index is -0.814. The van der Waals surface area contributed by atoms with Crippen LogP contribution in [0.25, 0.3) is 5.69 Å². The highest BCUT2D eigenvalue weighted by atomic mass is 35.5. The van der Waals surface area contributed by atoms with Gasteiger partial charge in [-0.2, -0.15) is 5.10 Å². The predicted octanol–water partition coefficient (Wildman–Crippen LogP) is 1.60. The van der Waals surface area contributed by atoms with Crippen LogP contribution in [0.4, 0.5) is 5.69 Å². The van der Waals surface area contributed by atoms with Crippen LogP contribution < -0.4 is 5.32 Å². The van der Waals surface area contributed by atoms with Gasteiger partial charge in [-0.05, 0) is 24.6 Å². The second kappa shape index (κ2) is 6.06. The number of aromatic nitrogens is 2. The molecule has 0 amide bonds. The number of hydrogen-bond acceptors (Lipinski definition) is 4. The van der Waals surface area contributed by atoms with Crippen molar-refractivity contribution in [2.45, 2.75) is 13.0 Å². The molecule has 1 unspecified atom stereocenters. The summed E-state index contributed by atoms with van der Waals surface area (Å²) in [7, 11) is 0. The average molecular weight is 282 g/mol. The van der Waals surface area contributed by atoms with Gasteiger partial charge in [0.25, 0.3) is 0 Å². The molecule has 2 rings (SSSR count). The first kappa shape index (κ1) is 13.9. The van der Waals surface area contributed by atoms with Gasteiger partial charge in [-0.3, -0.25) is 0 Å². The summed E-state index contributed by atoms with van der Waals surface area (Å²) in [5, 5.41) is 26.1. The van der Waals surface area contributed by atoms with Gasteiger partial charge in [0.05, 0.1) is 29.6 Å². The zero-order valence-corrected chi connectivity index (χ0v) is 11.3. The third kappa shape index (κ3) is 3.26. The number of halogens is 1. The normalized spacial score (nSPS) is 12.4. The van der Waals surface area contributed by atoms with Crippen molar-refractivity contribution in [1.82, 2.24) is 9.78 Å². The Bertz CT molecular complexity index is 557. The second-order valence-corrected chi connectivity index (χ2v) is 4.72. The molecule has 2 aromatic rings. The number of nitrogens with zero attached hydrogens (tertiary/aromatic N) is 2. The van der Waals surface area contributed by atoms with Gasteiger partial charge in [0.15, 0.2) is 0 Å². The molecule has 3 N–H and O–H groups in total. The summed E-state index contributed by atoms with van der Waals surface area (Å²) >= 11 is 6.21. The van der Waals surface area contributed by atoms with Crippen LogP contribution in [-0.2, 0) is 0 Å². The molecule has 1 aromatic carbocycles. The van der Waals surface area contributed by atoms with E-state index >= 15 is 0 Å². The van der Waals surface area contributed by atoms with Gasteiger partial charge in [0.1, 0.15) is 5.69 Å². The molecule has 1 heterocycles. The number of hydrogen-bond donors (Lipinski definition) is 3. The van der Waals surface area contributed by atoms with Gasteiger partial charge in [-0.15, -0.1) is 0 Å². The lowest BCUT2D eigenvalue weighted by Crippen LogP contribution is -2.23. The van der Waals surface area contributed by atoms with Gasteiger partial charge in [0, 0.05) is 12.7 Å². The van der Waals surface area contributed by atoms with Crippen LogP contribution in [0.2, 0.25) is 5.02 Å². The van der Waals surface area contributed by atoms with E-state index < -0.39 is 6.10 Å². The van der Waals surface area contributed by atoms with E-state index in [1.807, 2.05) is 25.3 Å². The van der Waals surface area contributed by atoms with Crippen molar-refractivity contribution in [2.24, 2.45) is 0 Å². The highest BCUT2D eigenvalue weighted by molar-refractivity contribution is 6.33. The zero-order chi connectivity index (χ0) is 13.8. The zero-order valence-electron chi connectivity index (χ0n) is 10.5. The maximum Gasteiger partial charge on any atom is 0.106 e. The summed E-state index contributed by atoms with van der Waals surface area (Å²) in [6.07, 6.45) is 2.80. The molecule has 0 saturated heterocycles. The Morgan fingerprint density at radius 1 is 1.47 bits per heavy atom. The number of aliphatic hydroxyl groups is 2. The molecule has 0 aliphatic carbocycles. The van der Waals surface area contributed by atoms with E-state index in [0.29, 0.717) is 5.02 Å². The van der Waals surface area contributed by atoms with Crippen molar-refractivity contribution in [3.63, 3.8) is 0 Å². The summed E-state index contributed by atoms with van der Waals surface area (Å²) in [5.74, 6) is 0. The van der Waals surface area contributed by atoms with Crippen molar-refractivity contribution >= 4 is 17.3 Å². The highest BCUT2D eigenvalue weighted by Crippen LogP contribution is 2.28. The fourth-order valence-electron chi connectivity index (χ4n) is 1.72. The molecule has 0 saturated carbocycles. The lowest BCUT2D eigenvalue weighted by atomic mass is 10.2. The Labute approximate surface area is 116 Å². The molecule has 0 radical (unpaired) electrons. The van der Waals surface area contributed by atoms with Crippen LogP contribution in [0.15, 0.2) is 30.6 Å².